The summed E-state index contributed by atoms with van der Waals surface area (Å²) < 4.78 is 5.17. The first-order valence-electron chi connectivity index (χ1n) is 7.51. The van der Waals surface area contributed by atoms with Gasteiger partial charge >= 0.3 is 0 Å². The number of hydrogen-bond donors (Lipinski definition) is 2. The highest BCUT2D eigenvalue weighted by Crippen LogP contribution is 2.13. The van der Waals surface area contributed by atoms with Crippen LogP contribution in [0, 0.1) is 0 Å². The van der Waals surface area contributed by atoms with Gasteiger partial charge in [0.05, 0.1) is 12.8 Å². The minimum atomic E-state index is 0.508. The van der Waals surface area contributed by atoms with Crippen molar-refractivity contribution in [2.75, 3.05) is 7.11 Å². The van der Waals surface area contributed by atoms with Crippen LogP contribution in [0.1, 0.15) is 24.5 Å². The Kier molecular flexibility index (Phi) is 6.56. The molecule has 0 atom stereocenters. The van der Waals surface area contributed by atoms with Gasteiger partial charge in [0, 0.05) is 6.54 Å². The SMILES string of the molecule is CC/C(=N/NC(=S)NCc1ccccc1)c1ccc(OC)cc1. The Balaban J connectivity index is 1.91. The smallest absolute Gasteiger partial charge is 0.187 e. The third-order valence-corrected chi connectivity index (χ3v) is 3.58. The number of methoxy groups -OCH3 is 1. The second-order valence-corrected chi connectivity index (χ2v) is 5.33. The normalized spacial score (nSPS) is 11.0. The highest BCUT2D eigenvalue weighted by atomic mass is 32.1. The molecule has 0 saturated heterocycles. The molecule has 2 N–H and O–H groups in total. The monoisotopic (exact) mass is 327 g/mol. The van der Waals surface area contributed by atoms with Crippen LogP contribution in [-0.4, -0.2) is 17.9 Å². The van der Waals surface area contributed by atoms with E-state index in [0.717, 1.165) is 23.4 Å². The number of nitrogens with one attached hydrogen (secondary N) is 2. The molecule has 0 spiro atoms. The maximum atomic E-state index is 5.26. The van der Waals surface area contributed by atoms with Crippen molar-refractivity contribution in [3.8, 4) is 5.75 Å². The van der Waals surface area contributed by atoms with Crippen LogP contribution in [0.5, 0.6) is 5.75 Å². The third kappa shape index (κ3) is 5.38. The van der Waals surface area contributed by atoms with Crippen LogP contribution in [0.2, 0.25) is 0 Å². The highest BCUT2D eigenvalue weighted by Gasteiger charge is 2.02. The van der Waals surface area contributed by atoms with Crippen molar-refractivity contribution in [1.82, 2.24) is 10.7 Å². The Morgan fingerprint density at radius 3 is 2.39 bits per heavy atom. The van der Waals surface area contributed by atoms with E-state index < -0.39 is 0 Å². The molecule has 0 radical (unpaired) electrons. The van der Waals surface area contributed by atoms with E-state index in [9.17, 15) is 0 Å². The first kappa shape index (κ1) is 17.0. The summed E-state index contributed by atoms with van der Waals surface area (Å²) in [5.74, 6) is 0.831. The standard InChI is InChI=1S/C18H21N3OS/c1-3-17(15-9-11-16(22-2)12-10-15)20-21-18(23)19-13-14-7-5-4-6-8-14/h4-12H,3,13H2,1-2H3,(H2,19,21,23)/b20-17-. The van der Waals surface area contributed by atoms with Crippen LogP contribution < -0.4 is 15.5 Å². The van der Waals surface area contributed by atoms with Crippen LogP contribution in [0.3, 0.4) is 0 Å². The zero-order valence-electron chi connectivity index (χ0n) is 13.4. The van der Waals surface area contributed by atoms with Gasteiger partial charge in [-0.2, -0.15) is 5.10 Å². The Bertz CT molecular complexity index is 654. The van der Waals surface area contributed by atoms with Crippen LogP contribution >= 0.6 is 12.2 Å². The lowest BCUT2D eigenvalue weighted by atomic mass is 10.1. The van der Waals surface area contributed by atoms with Crippen LogP contribution in [0.15, 0.2) is 59.7 Å². The molecule has 0 amide bonds. The van der Waals surface area contributed by atoms with Gasteiger partial charge in [0.15, 0.2) is 5.11 Å². The fourth-order valence-electron chi connectivity index (χ4n) is 2.07. The van der Waals surface area contributed by atoms with Gasteiger partial charge < -0.3 is 10.1 Å². The Morgan fingerprint density at radius 2 is 1.78 bits per heavy atom. The molecule has 0 unspecified atom stereocenters. The predicted octanol–water partition coefficient (Wildman–Crippen LogP) is 3.47. The van der Waals surface area contributed by atoms with Crippen molar-refractivity contribution < 1.29 is 4.74 Å². The van der Waals surface area contributed by atoms with E-state index in [1.54, 1.807) is 7.11 Å². The molecule has 4 nitrogen and oxygen atoms in total. The van der Waals surface area contributed by atoms with Crippen LogP contribution in [-0.2, 0) is 6.54 Å². The summed E-state index contributed by atoms with van der Waals surface area (Å²) in [5, 5.41) is 8.05. The van der Waals surface area contributed by atoms with Crippen molar-refractivity contribution >= 4 is 23.0 Å². The van der Waals surface area contributed by atoms with E-state index in [0.29, 0.717) is 11.7 Å². The molecule has 2 aromatic rings. The number of ether oxygens (including phenoxy) is 1. The average Bonchev–Trinajstić information content (AvgIpc) is 2.62. The number of hydrogen-bond acceptors (Lipinski definition) is 3. The van der Waals surface area contributed by atoms with Gasteiger partial charge in [-0.1, -0.05) is 37.3 Å². The molecule has 0 aliphatic carbocycles. The summed E-state index contributed by atoms with van der Waals surface area (Å²) in [7, 11) is 1.65. The van der Waals surface area contributed by atoms with Gasteiger partial charge in [0.25, 0.3) is 0 Å². The second kappa shape index (κ2) is 8.90. The topological polar surface area (TPSA) is 45.7 Å². The van der Waals surface area contributed by atoms with E-state index in [2.05, 4.69) is 22.8 Å². The van der Waals surface area contributed by atoms with Gasteiger partial charge in [-0.15, -0.1) is 0 Å². The summed E-state index contributed by atoms with van der Waals surface area (Å²) in [5.41, 5.74) is 6.07. The van der Waals surface area contributed by atoms with Gasteiger partial charge in [-0.3, -0.25) is 5.43 Å². The zero-order valence-corrected chi connectivity index (χ0v) is 14.2. The van der Waals surface area contributed by atoms with Gasteiger partial charge in [0.2, 0.25) is 0 Å². The molecule has 120 valence electrons. The molecule has 0 aliphatic rings. The summed E-state index contributed by atoms with van der Waals surface area (Å²) in [4.78, 5) is 0. The maximum absolute atomic E-state index is 5.26. The maximum Gasteiger partial charge on any atom is 0.187 e. The molecule has 2 aromatic carbocycles. The Labute approximate surface area is 142 Å². The number of benzene rings is 2. The summed E-state index contributed by atoms with van der Waals surface area (Å²) in [6.07, 6.45) is 0.806. The first-order valence-corrected chi connectivity index (χ1v) is 7.92. The lowest BCUT2D eigenvalue weighted by Crippen LogP contribution is -2.32. The van der Waals surface area contributed by atoms with Crippen LogP contribution in [0.25, 0.3) is 0 Å². The fraction of sp³-hybridized carbons (Fsp3) is 0.222. The quantitative estimate of drug-likeness (QED) is 0.484. The molecular formula is C18H21N3OS. The molecule has 5 heteroatoms. The van der Waals surface area contributed by atoms with E-state index in [-0.39, 0.29) is 0 Å². The molecule has 0 bridgehead atoms. The van der Waals surface area contributed by atoms with Crippen molar-refractivity contribution in [3.63, 3.8) is 0 Å². The highest BCUT2D eigenvalue weighted by molar-refractivity contribution is 7.80. The fourth-order valence-corrected chi connectivity index (χ4v) is 2.18. The third-order valence-electron chi connectivity index (χ3n) is 3.35. The Hall–Kier alpha value is -2.40. The van der Waals surface area contributed by atoms with E-state index in [1.165, 1.54) is 5.56 Å². The van der Waals surface area contributed by atoms with Gasteiger partial charge in [0.1, 0.15) is 5.75 Å². The summed E-state index contributed by atoms with van der Waals surface area (Å²) in [6.45, 7) is 2.73. The molecule has 0 aliphatic heterocycles. The molecular weight excluding hydrogens is 306 g/mol. The molecule has 0 fully saturated rings. The van der Waals surface area contributed by atoms with E-state index >= 15 is 0 Å². The van der Waals surface area contributed by atoms with Crippen molar-refractivity contribution in [1.29, 1.82) is 0 Å². The molecule has 0 saturated carbocycles. The molecule has 23 heavy (non-hydrogen) atoms. The van der Waals surface area contributed by atoms with Gasteiger partial charge in [-0.25, -0.2) is 0 Å². The lowest BCUT2D eigenvalue weighted by Gasteiger charge is -2.09. The molecule has 0 aromatic heterocycles. The summed E-state index contributed by atoms with van der Waals surface area (Å²) >= 11 is 5.26. The number of rotatable bonds is 6. The first-order chi connectivity index (χ1) is 11.2. The number of nitrogens with zero attached hydrogens (tertiary/aromatic N) is 1. The number of thiocarbonyl (C=S) groups is 1. The predicted molar refractivity (Wildman–Crippen MR) is 98.8 cm³/mol. The van der Waals surface area contributed by atoms with Gasteiger partial charge in [-0.05, 0) is 54.0 Å². The Morgan fingerprint density at radius 1 is 1.09 bits per heavy atom. The second-order valence-electron chi connectivity index (χ2n) is 4.92. The lowest BCUT2D eigenvalue weighted by molar-refractivity contribution is 0.415. The number of hydrazone groups is 1. The largest absolute Gasteiger partial charge is 0.497 e. The van der Waals surface area contributed by atoms with E-state index in [4.69, 9.17) is 17.0 Å². The van der Waals surface area contributed by atoms with E-state index in [1.807, 2.05) is 54.6 Å². The minimum absolute atomic E-state index is 0.508. The molecule has 0 heterocycles. The minimum Gasteiger partial charge on any atom is -0.497 e. The van der Waals surface area contributed by atoms with Crippen molar-refractivity contribution in [2.24, 2.45) is 5.10 Å². The van der Waals surface area contributed by atoms with Crippen molar-refractivity contribution in [3.05, 3.63) is 65.7 Å². The zero-order chi connectivity index (χ0) is 16.5. The average molecular weight is 327 g/mol. The van der Waals surface area contributed by atoms with Crippen LogP contribution in [0.4, 0.5) is 0 Å². The summed E-state index contributed by atoms with van der Waals surface area (Å²) in [6, 6.07) is 17.9. The molecule has 2 rings (SSSR count). The van der Waals surface area contributed by atoms with Crippen molar-refractivity contribution in [2.45, 2.75) is 19.9 Å².